The summed E-state index contributed by atoms with van der Waals surface area (Å²) in [5.74, 6) is -1.89. The minimum atomic E-state index is -4.59. The number of alkyl halides is 3. The van der Waals surface area contributed by atoms with Crippen molar-refractivity contribution in [3.8, 4) is 0 Å². The van der Waals surface area contributed by atoms with Gasteiger partial charge in [-0.1, -0.05) is 35.3 Å². The van der Waals surface area contributed by atoms with Gasteiger partial charge in [0, 0.05) is 49.4 Å². The molecule has 49 heavy (non-hydrogen) atoms. The van der Waals surface area contributed by atoms with Crippen LogP contribution in [0.25, 0.3) is 0 Å². The number of piperazine rings is 1. The molecule has 2 heterocycles. The first-order chi connectivity index (χ1) is 22.9. The van der Waals surface area contributed by atoms with Gasteiger partial charge >= 0.3 is 6.18 Å². The molecule has 10 nitrogen and oxygen atoms in total. The molecule has 0 radical (unpaired) electrons. The van der Waals surface area contributed by atoms with Gasteiger partial charge in [-0.3, -0.25) is 14.4 Å². The van der Waals surface area contributed by atoms with Gasteiger partial charge in [0.05, 0.1) is 17.1 Å². The SMILES string of the molecule is CC(C)N1CC2N(C(=O)C(NC(=O)c3ccc(N(C)C)cc3)CN2S(=O)(=O)c2ccc(Cl)cc2Cl)C(Cc2ccc(C(F)(F)F)cc2)C1=O. The average molecular weight is 741 g/mol. The Kier molecular flexibility index (Phi) is 10.3. The van der Waals surface area contributed by atoms with Crippen LogP contribution in [0.3, 0.4) is 0 Å². The van der Waals surface area contributed by atoms with E-state index in [0.717, 1.165) is 27.0 Å². The number of benzene rings is 3. The molecule has 0 spiro atoms. The average Bonchev–Trinajstić information content (AvgIpc) is 3.02. The van der Waals surface area contributed by atoms with Gasteiger partial charge in [-0.2, -0.15) is 17.5 Å². The molecule has 0 bridgehead atoms. The van der Waals surface area contributed by atoms with Crippen molar-refractivity contribution in [3.05, 3.63) is 93.5 Å². The van der Waals surface area contributed by atoms with Crippen LogP contribution in [0.15, 0.2) is 71.6 Å². The van der Waals surface area contributed by atoms with E-state index in [0.29, 0.717) is 5.56 Å². The summed E-state index contributed by atoms with van der Waals surface area (Å²) in [6, 6.07) is 11.4. The molecule has 3 amide bonds. The summed E-state index contributed by atoms with van der Waals surface area (Å²) in [6.45, 7) is 2.76. The summed E-state index contributed by atoms with van der Waals surface area (Å²) in [4.78, 5) is 45.9. The first kappa shape index (κ1) is 36.4. The van der Waals surface area contributed by atoms with Crippen molar-refractivity contribution in [1.82, 2.24) is 19.4 Å². The second-order valence-corrected chi connectivity index (χ2v) is 15.0. The van der Waals surface area contributed by atoms with Gasteiger partial charge in [-0.05, 0) is 74.0 Å². The summed E-state index contributed by atoms with van der Waals surface area (Å²) in [7, 11) is -0.850. The monoisotopic (exact) mass is 739 g/mol. The van der Waals surface area contributed by atoms with E-state index >= 15 is 0 Å². The normalized spacial score (nSPS) is 20.4. The van der Waals surface area contributed by atoms with Gasteiger partial charge in [0.15, 0.2) is 0 Å². The van der Waals surface area contributed by atoms with Crippen LogP contribution in [0.2, 0.25) is 10.0 Å². The summed E-state index contributed by atoms with van der Waals surface area (Å²) >= 11 is 12.4. The van der Waals surface area contributed by atoms with Crippen LogP contribution in [0.1, 0.15) is 35.3 Å². The number of carbonyl (C=O) groups excluding carboxylic acids is 3. The maximum atomic E-state index is 14.4. The molecule has 3 aromatic rings. The van der Waals surface area contributed by atoms with Crippen LogP contribution < -0.4 is 10.2 Å². The second-order valence-electron chi connectivity index (χ2n) is 12.3. The molecule has 3 atom stereocenters. The van der Waals surface area contributed by atoms with Gasteiger partial charge in [-0.25, -0.2) is 8.42 Å². The highest BCUT2D eigenvalue weighted by Crippen LogP contribution is 2.36. The predicted octanol–water partition coefficient (Wildman–Crippen LogP) is 4.90. The van der Waals surface area contributed by atoms with Gasteiger partial charge < -0.3 is 20.0 Å². The van der Waals surface area contributed by atoms with Gasteiger partial charge in [0.1, 0.15) is 23.1 Å². The minimum Gasteiger partial charge on any atom is -0.378 e. The number of carbonyl (C=O) groups is 3. The van der Waals surface area contributed by atoms with E-state index in [1.165, 1.54) is 35.2 Å². The zero-order valence-corrected chi connectivity index (χ0v) is 29.2. The Morgan fingerprint density at radius 1 is 0.959 bits per heavy atom. The largest absolute Gasteiger partial charge is 0.416 e. The van der Waals surface area contributed by atoms with Crippen molar-refractivity contribution in [1.29, 1.82) is 0 Å². The highest BCUT2D eigenvalue weighted by Gasteiger charge is 2.54. The Morgan fingerprint density at radius 2 is 1.59 bits per heavy atom. The lowest BCUT2D eigenvalue weighted by atomic mass is 9.95. The van der Waals surface area contributed by atoms with E-state index in [9.17, 15) is 36.0 Å². The topological polar surface area (TPSA) is 110 Å². The van der Waals surface area contributed by atoms with Crippen LogP contribution in [-0.4, -0.2) is 91.7 Å². The molecular formula is C33H34Cl2F3N5O5S. The fourth-order valence-electron chi connectivity index (χ4n) is 5.99. The summed E-state index contributed by atoms with van der Waals surface area (Å²) in [5.41, 5.74) is 0.446. The van der Waals surface area contributed by atoms with Crippen LogP contribution in [0, 0.1) is 0 Å². The highest BCUT2D eigenvalue weighted by atomic mass is 35.5. The predicted molar refractivity (Wildman–Crippen MR) is 179 cm³/mol. The van der Waals surface area contributed by atoms with Crippen LogP contribution >= 0.6 is 23.2 Å². The number of anilines is 1. The Hall–Kier alpha value is -3.85. The maximum absolute atomic E-state index is 14.4. The molecule has 2 aliphatic heterocycles. The molecule has 2 saturated heterocycles. The number of hydrogen-bond acceptors (Lipinski definition) is 6. The Labute approximate surface area is 292 Å². The number of nitrogens with zero attached hydrogens (tertiary/aromatic N) is 4. The molecular weight excluding hydrogens is 706 g/mol. The van der Waals surface area contributed by atoms with E-state index in [1.54, 1.807) is 38.1 Å². The molecule has 3 unspecified atom stereocenters. The molecule has 2 fully saturated rings. The molecule has 0 saturated carbocycles. The number of fused-ring (bicyclic) bond motifs is 1. The Morgan fingerprint density at radius 3 is 2.14 bits per heavy atom. The third kappa shape index (κ3) is 7.37. The summed E-state index contributed by atoms with van der Waals surface area (Å²) < 4.78 is 69.7. The van der Waals surface area contributed by atoms with Crippen molar-refractivity contribution >= 4 is 56.6 Å². The molecule has 0 aliphatic carbocycles. The molecule has 2 aliphatic rings. The quantitative estimate of drug-likeness (QED) is 0.352. The molecule has 0 aromatic heterocycles. The van der Waals surface area contributed by atoms with E-state index in [-0.39, 0.29) is 33.5 Å². The van der Waals surface area contributed by atoms with Crippen LogP contribution in [0.5, 0.6) is 0 Å². The van der Waals surface area contributed by atoms with Crippen molar-refractivity contribution in [3.63, 3.8) is 0 Å². The third-order valence-corrected chi connectivity index (χ3v) is 11.2. The first-order valence-electron chi connectivity index (χ1n) is 15.2. The third-order valence-electron chi connectivity index (χ3n) is 8.60. The van der Waals surface area contributed by atoms with E-state index in [4.69, 9.17) is 23.2 Å². The van der Waals surface area contributed by atoms with E-state index in [1.807, 2.05) is 19.0 Å². The fraction of sp³-hybridized carbons (Fsp3) is 0.364. The number of rotatable bonds is 8. The van der Waals surface area contributed by atoms with Crippen molar-refractivity contribution in [2.45, 2.75) is 55.6 Å². The molecule has 262 valence electrons. The smallest absolute Gasteiger partial charge is 0.378 e. The van der Waals surface area contributed by atoms with Crippen LogP contribution in [0.4, 0.5) is 18.9 Å². The molecule has 5 rings (SSSR count). The molecule has 16 heteroatoms. The lowest BCUT2D eigenvalue weighted by Gasteiger charge is -2.54. The van der Waals surface area contributed by atoms with Gasteiger partial charge in [-0.15, -0.1) is 0 Å². The lowest BCUT2D eigenvalue weighted by Crippen LogP contribution is -2.76. The molecule has 1 N–H and O–H groups in total. The Bertz CT molecular complexity index is 1860. The molecule has 3 aromatic carbocycles. The van der Waals surface area contributed by atoms with Crippen LogP contribution in [-0.2, 0) is 32.2 Å². The minimum absolute atomic E-state index is 0.175. The van der Waals surface area contributed by atoms with Crippen molar-refractivity contribution < 1.29 is 36.0 Å². The lowest BCUT2D eigenvalue weighted by molar-refractivity contribution is -0.168. The standard InChI is InChI=1S/C33H34Cl2F3N5O5S/c1-19(2)41-18-29-42(49(47,48)28-14-11-23(34)16-25(28)35)17-26(39-30(44)21-7-12-24(13-8-21)40(3)4)31(45)43(29)27(32(41)46)15-20-5-9-22(10-6-20)33(36,37)38/h5-14,16,19,26-27,29H,15,17-18H2,1-4H3,(H,39,44). The summed E-state index contributed by atoms with van der Waals surface area (Å²) in [6.07, 6.45) is -6.04. The maximum Gasteiger partial charge on any atom is 0.416 e. The fourth-order valence-corrected chi connectivity index (χ4v) is 8.33. The number of hydrogen-bond donors (Lipinski definition) is 1. The number of halogens is 5. The number of sulfonamides is 1. The summed E-state index contributed by atoms with van der Waals surface area (Å²) in [5, 5.41) is 2.66. The number of amides is 3. The highest BCUT2D eigenvalue weighted by molar-refractivity contribution is 7.89. The zero-order chi connectivity index (χ0) is 36.0. The first-order valence-corrected chi connectivity index (χ1v) is 17.4. The van der Waals surface area contributed by atoms with Crippen molar-refractivity contribution in [2.75, 3.05) is 32.1 Å². The van der Waals surface area contributed by atoms with Crippen molar-refractivity contribution in [2.24, 2.45) is 0 Å². The van der Waals surface area contributed by atoms with Gasteiger partial charge in [0.25, 0.3) is 5.91 Å². The van der Waals surface area contributed by atoms with E-state index in [2.05, 4.69) is 5.32 Å². The Balaban J connectivity index is 1.59. The number of nitrogens with one attached hydrogen (secondary N) is 1. The zero-order valence-electron chi connectivity index (χ0n) is 26.9. The second kappa shape index (κ2) is 13.8. The van der Waals surface area contributed by atoms with Gasteiger partial charge in [0.2, 0.25) is 21.8 Å². The van der Waals surface area contributed by atoms with E-state index < -0.39 is 70.3 Å².